The average Bonchev–Trinajstić information content (AvgIpc) is 2.55. The monoisotopic (exact) mass is 387 g/mol. The van der Waals surface area contributed by atoms with Crippen molar-refractivity contribution in [3.63, 3.8) is 0 Å². The van der Waals surface area contributed by atoms with Crippen molar-refractivity contribution < 1.29 is 9.59 Å². The van der Waals surface area contributed by atoms with Gasteiger partial charge in [-0.25, -0.2) is 0 Å². The van der Waals surface area contributed by atoms with E-state index in [0.29, 0.717) is 22.3 Å². The van der Waals surface area contributed by atoms with Gasteiger partial charge in [0, 0.05) is 30.6 Å². The first-order valence-electron chi connectivity index (χ1n) is 8.40. The average molecular weight is 388 g/mol. The minimum Gasteiger partial charge on any atom is -0.339 e. The van der Waals surface area contributed by atoms with E-state index in [0.717, 1.165) is 19.4 Å². The summed E-state index contributed by atoms with van der Waals surface area (Å²) in [4.78, 5) is 26.6. The van der Waals surface area contributed by atoms with Crippen molar-refractivity contribution in [2.75, 3.05) is 18.9 Å². The third kappa shape index (κ3) is 5.59. The van der Waals surface area contributed by atoms with Crippen LogP contribution in [0.1, 0.15) is 44.0 Å². The fourth-order valence-electron chi connectivity index (χ4n) is 2.80. The third-order valence-electron chi connectivity index (χ3n) is 4.56. The Morgan fingerprint density at radius 2 is 2.04 bits per heavy atom. The SMILES string of the molecule is CC(C)N(C)C(=O)c1ccc(Cl)c(NC(=O)[C@H]2CCN[C@@H](C)C2)c1.Cl. The largest absolute Gasteiger partial charge is 0.339 e. The topological polar surface area (TPSA) is 61.4 Å². The van der Waals surface area contributed by atoms with Gasteiger partial charge in [0.1, 0.15) is 0 Å². The summed E-state index contributed by atoms with van der Waals surface area (Å²) in [6.45, 7) is 6.82. The highest BCUT2D eigenvalue weighted by atomic mass is 35.5. The second-order valence-corrected chi connectivity index (χ2v) is 7.18. The van der Waals surface area contributed by atoms with E-state index in [1.165, 1.54) is 0 Å². The molecule has 25 heavy (non-hydrogen) atoms. The Hall–Kier alpha value is -1.30. The number of hydrogen-bond acceptors (Lipinski definition) is 3. The quantitative estimate of drug-likeness (QED) is 0.829. The van der Waals surface area contributed by atoms with Gasteiger partial charge in [0.2, 0.25) is 5.91 Å². The lowest BCUT2D eigenvalue weighted by atomic mass is 9.92. The van der Waals surface area contributed by atoms with Gasteiger partial charge in [-0.2, -0.15) is 0 Å². The van der Waals surface area contributed by atoms with Gasteiger partial charge < -0.3 is 15.5 Å². The van der Waals surface area contributed by atoms with Gasteiger partial charge >= 0.3 is 0 Å². The number of carbonyl (C=O) groups excluding carboxylic acids is 2. The molecule has 0 aliphatic carbocycles. The molecule has 1 saturated heterocycles. The summed E-state index contributed by atoms with van der Waals surface area (Å²) in [5.74, 6) is -0.158. The van der Waals surface area contributed by atoms with E-state index in [1.54, 1.807) is 30.1 Å². The van der Waals surface area contributed by atoms with E-state index < -0.39 is 0 Å². The molecule has 2 atom stereocenters. The molecule has 0 aromatic heterocycles. The van der Waals surface area contributed by atoms with Crippen molar-refractivity contribution in [2.45, 2.75) is 45.7 Å². The molecule has 2 N–H and O–H groups in total. The summed E-state index contributed by atoms with van der Waals surface area (Å²) in [5.41, 5.74) is 1.01. The number of nitrogens with one attached hydrogen (secondary N) is 2. The fraction of sp³-hybridized carbons (Fsp3) is 0.556. The third-order valence-corrected chi connectivity index (χ3v) is 4.89. The highest BCUT2D eigenvalue weighted by Gasteiger charge is 2.25. The van der Waals surface area contributed by atoms with Crippen LogP contribution in [-0.2, 0) is 4.79 Å². The molecule has 1 fully saturated rings. The highest BCUT2D eigenvalue weighted by Crippen LogP contribution is 2.26. The summed E-state index contributed by atoms with van der Waals surface area (Å²) >= 11 is 6.20. The lowest BCUT2D eigenvalue weighted by Crippen LogP contribution is -2.40. The maximum atomic E-state index is 12.5. The Morgan fingerprint density at radius 3 is 2.64 bits per heavy atom. The number of hydrogen-bond donors (Lipinski definition) is 2. The molecule has 0 saturated carbocycles. The summed E-state index contributed by atoms with van der Waals surface area (Å²) < 4.78 is 0. The number of benzene rings is 1. The van der Waals surface area contributed by atoms with Crippen LogP contribution in [0.25, 0.3) is 0 Å². The Morgan fingerprint density at radius 1 is 1.36 bits per heavy atom. The molecule has 0 spiro atoms. The van der Waals surface area contributed by atoms with Gasteiger partial charge in [-0.3, -0.25) is 9.59 Å². The number of amides is 2. The molecular formula is C18H27Cl2N3O2. The van der Waals surface area contributed by atoms with E-state index in [2.05, 4.69) is 17.6 Å². The maximum Gasteiger partial charge on any atom is 0.253 e. The molecule has 1 aliphatic heterocycles. The maximum absolute atomic E-state index is 12.5. The summed E-state index contributed by atoms with van der Waals surface area (Å²) in [7, 11) is 1.76. The van der Waals surface area contributed by atoms with E-state index in [-0.39, 0.29) is 36.2 Å². The van der Waals surface area contributed by atoms with Gasteiger partial charge in [0.25, 0.3) is 5.91 Å². The molecule has 0 unspecified atom stereocenters. The number of rotatable bonds is 4. The van der Waals surface area contributed by atoms with Crippen LogP contribution in [0.4, 0.5) is 5.69 Å². The highest BCUT2D eigenvalue weighted by molar-refractivity contribution is 6.33. The van der Waals surface area contributed by atoms with Crippen molar-refractivity contribution in [3.8, 4) is 0 Å². The van der Waals surface area contributed by atoms with Crippen LogP contribution in [0, 0.1) is 5.92 Å². The zero-order chi connectivity index (χ0) is 17.9. The van der Waals surface area contributed by atoms with Crippen molar-refractivity contribution in [2.24, 2.45) is 5.92 Å². The first-order valence-corrected chi connectivity index (χ1v) is 8.78. The molecule has 1 aliphatic rings. The van der Waals surface area contributed by atoms with Crippen LogP contribution in [-0.4, -0.2) is 42.4 Å². The number of halogens is 2. The summed E-state index contributed by atoms with van der Waals surface area (Å²) in [6, 6.07) is 5.43. The molecular weight excluding hydrogens is 361 g/mol. The second-order valence-electron chi connectivity index (χ2n) is 6.77. The predicted octanol–water partition coefficient (Wildman–Crippen LogP) is 3.57. The normalized spacial score (nSPS) is 19.9. The van der Waals surface area contributed by atoms with Gasteiger partial charge in [-0.15, -0.1) is 12.4 Å². The molecule has 0 radical (unpaired) electrons. The molecule has 7 heteroatoms. The molecule has 1 heterocycles. The van der Waals surface area contributed by atoms with E-state index in [9.17, 15) is 9.59 Å². The van der Waals surface area contributed by atoms with Gasteiger partial charge in [0.15, 0.2) is 0 Å². The molecule has 2 rings (SSSR count). The fourth-order valence-corrected chi connectivity index (χ4v) is 2.96. The van der Waals surface area contributed by atoms with Gasteiger partial charge in [-0.1, -0.05) is 11.6 Å². The van der Waals surface area contributed by atoms with Gasteiger partial charge in [-0.05, 0) is 58.4 Å². The lowest BCUT2D eigenvalue weighted by Gasteiger charge is -2.27. The van der Waals surface area contributed by atoms with Crippen molar-refractivity contribution in [1.29, 1.82) is 0 Å². The molecule has 1 aromatic carbocycles. The van der Waals surface area contributed by atoms with E-state index >= 15 is 0 Å². The molecule has 140 valence electrons. The smallest absolute Gasteiger partial charge is 0.253 e. The van der Waals surface area contributed by atoms with Crippen LogP contribution in [0.3, 0.4) is 0 Å². The minimum atomic E-state index is -0.0901. The van der Waals surface area contributed by atoms with E-state index in [1.807, 2.05) is 13.8 Å². The Balaban J connectivity index is 0.00000312. The number of nitrogens with zero attached hydrogens (tertiary/aromatic N) is 1. The standard InChI is InChI=1S/C18H26ClN3O2.ClH/c1-11(2)22(4)18(24)14-5-6-15(19)16(10-14)21-17(23)13-7-8-20-12(3)9-13;/h5-6,10-13,20H,7-9H2,1-4H3,(H,21,23);1H/t12-,13-;/m0./s1. The zero-order valence-corrected chi connectivity index (χ0v) is 16.7. The first kappa shape index (κ1) is 21.7. The molecule has 0 bridgehead atoms. The van der Waals surface area contributed by atoms with Crippen LogP contribution < -0.4 is 10.6 Å². The summed E-state index contributed by atoms with van der Waals surface area (Å²) in [6.07, 6.45) is 1.61. The summed E-state index contributed by atoms with van der Waals surface area (Å²) in [5, 5.41) is 6.67. The van der Waals surface area contributed by atoms with Gasteiger partial charge in [0.05, 0.1) is 10.7 Å². The Bertz CT molecular complexity index is 622. The minimum absolute atomic E-state index is 0. The van der Waals surface area contributed by atoms with Crippen LogP contribution in [0.15, 0.2) is 18.2 Å². The number of anilines is 1. The number of carbonyl (C=O) groups is 2. The second kappa shape index (κ2) is 9.41. The molecule has 5 nitrogen and oxygen atoms in total. The van der Waals surface area contributed by atoms with Crippen molar-refractivity contribution in [1.82, 2.24) is 10.2 Å². The number of piperidine rings is 1. The molecule has 1 aromatic rings. The molecule has 2 amide bonds. The Labute approximate surface area is 160 Å². The van der Waals surface area contributed by atoms with Crippen LogP contribution in [0.2, 0.25) is 5.02 Å². The first-order chi connectivity index (χ1) is 11.3. The van der Waals surface area contributed by atoms with Crippen LogP contribution >= 0.6 is 24.0 Å². The van der Waals surface area contributed by atoms with E-state index in [4.69, 9.17) is 11.6 Å². The zero-order valence-electron chi connectivity index (χ0n) is 15.1. The van der Waals surface area contributed by atoms with Crippen molar-refractivity contribution in [3.05, 3.63) is 28.8 Å². The predicted molar refractivity (Wildman–Crippen MR) is 105 cm³/mol. The Kier molecular flexibility index (Phi) is 8.19. The lowest BCUT2D eigenvalue weighted by molar-refractivity contribution is -0.120. The van der Waals surface area contributed by atoms with Crippen LogP contribution in [0.5, 0.6) is 0 Å². The van der Waals surface area contributed by atoms with Crippen molar-refractivity contribution >= 4 is 41.5 Å².